The number of oxazole rings is 1. The first kappa shape index (κ1) is 12.8. The summed E-state index contributed by atoms with van der Waals surface area (Å²) in [4.78, 5) is 5.96. The van der Waals surface area contributed by atoms with E-state index in [1.807, 2.05) is 23.1 Å². The Hall–Kier alpha value is -2.23. The smallest absolute Gasteiger partial charge is 0.192 e. The predicted molar refractivity (Wildman–Crippen MR) is 76.5 cm³/mol. The summed E-state index contributed by atoms with van der Waals surface area (Å²) in [5.74, 6) is 1.23. The Morgan fingerprint density at radius 1 is 1.30 bits per heavy atom. The molecule has 0 bridgehead atoms. The van der Waals surface area contributed by atoms with E-state index in [4.69, 9.17) is 9.15 Å². The molecule has 0 fully saturated rings. The summed E-state index contributed by atoms with van der Waals surface area (Å²) in [6.07, 6.45) is 9.49. The monoisotopic (exact) mass is 269 g/mol. The van der Waals surface area contributed by atoms with Crippen LogP contribution in [0, 0.1) is 6.20 Å². The summed E-state index contributed by atoms with van der Waals surface area (Å²) in [5, 5.41) is 0. The highest BCUT2D eigenvalue weighted by Crippen LogP contribution is 2.32. The van der Waals surface area contributed by atoms with Gasteiger partial charge < -0.3 is 14.1 Å². The van der Waals surface area contributed by atoms with Crippen molar-refractivity contribution in [3.8, 4) is 0 Å². The fourth-order valence-electron chi connectivity index (χ4n) is 2.22. The maximum absolute atomic E-state index is 5.97. The average molecular weight is 269 g/mol. The van der Waals surface area contributed by atoms with Gasteiger partial charge in [-0.1, -0.05) is 31.5 Å². The Balaban J connectivity index is 1.86. The molecule has 4 nitrogen and oxygen atoms in total. The first-order chi connectivity index (χ1) is 9.88. The SMILES string of the molecule is CCCCC1OC(c2cnco2)=[C]N1c1ccccc1. The molecule has 1 aliphatic heterocycles. The molecule has 0 N–H and O–H groups in total. The Bertz CT molecular complexity index is 563. The molecule has 0 saturated carbocycles. The molecule has 0 saturated heterocycles. The molecule has 1 unspecified atom stereocenters. The molecule has 20 heavy (non-hydrogen) atoms. The molecule has 103 valence electrons. The van der Waals surface area contributed by atoms with Gasteiger partial charge in [-0.2, -0.15) is 0 Å². The van der Waals surface area contributed by atoms with Gasteiger partial charge in [0.15, 0.2) is 24.1 Å². The zero-order valence-corrected chi connectivity index (χ0v) is 11.5. The second kappa shape index (κ2) is 5.82. The van der Waals surface area contributed by atoms with Gasteiger partial charge >= 0.3 is 0 Å². The zero-order valence-electron chi connectivity index (χ0n) is 11.5. The molecule has 1 atom stereocenters. The number of nitrogens with zero attached hydrogens (tertiary/aromatic N) is 2. The summed E-state index contributed by atoms with van der Waals surface area (Å²) in [6.45, 7) is 2.18. The number of hydrogen-bond donors (Lipinski definition) is 0. The van der Waals surface area contributed by atoms with Crippen molar-refractivity contribution in [3.63, 3.8) is 0 Å². The van der Waals surface area contributed by atoms with E-state index in [-0.39, 0.29) is 6.23 Å². The van der Waals surface area contributed by atoms with Crippen LogP contribution in [0.1, 0.15) is 31.9 Å². The first-order valence-electron chi connectivity index (χ1n) is 6.92. The highest BCUT2D eigenvalue weighted by molar-refractivity contribution is 5.61. The van der Waals surface area contributed by atoms with Gasteiger partial charge in [0.1, 0.15) is 6.20 Å². The second-order valence-electron chi connectivity index (χ2n) is 4.73. The molecule has 1 aromatic carbocycles. The largest absolute Gasteiger partial charge is 0.464 e. The van der Waals surface area contributed by atoms with Gasteiger partial charge in [0.25, 0.3) is 0 Å². The summed E-state index contributed by atoms with van der Waals surface area (Å²) in [7, 11) is 0. The van der Waals surface area contributed by atoms with E-state index in [1.54, 1.807) is 6.20 Å². The Labute approximate surface area is 118 Å². The van der Waals surface area contributed by atoms with Crippen molar-refractivity contribution < 1.29 is 9.15 Å². The number of anilines is 1. The van der Waals surface area contributed by atoms with Gasteiger partial charge in [0.05, 0.1) is 6.20 Å². The van der Waals surface area contributed by atoms with Crippen LogP contribution in [0.3, 0.4) is 0 Å². The lowest BCUT2D eigenvalue weighted by atomic mass is 10.2. The highest BCUT2D eigenvalue weighted by atomic mass is 16.5. The molecule has 0 aliphatic carbocycles. The van der Waals surface area contributed by atoms with Gasteiger partial charge in [0, 0.05) is 12.1 Å². The number of rotatable bonds is 5. The summed E-state index contributed by atoms with van der Waals surface area (Å²) >= 11 is 0. The number of ether oxygens (including phenoxy) is 1. The molecule has 3 rings (SSSR count). The lowest BCUT2D eigenvalue weighted by molar-refractivity contribution is 0.174. The van der Waals surface area contributed by atoms with Crippen molar-refractivity contribution in [1.82, 2.24) is 4.98 Å². The molecule has 4 heteroatoms. The molecule has 2 heterocycles. The highest BCUT2D eigenvalue weighted by Gasteiger charge is 2.29. The molecule has 0 spiro atoms. The molecule has 1 aromatic heterocycles. The molecule has 1 radical (unpaired) electrons. The van der Waals surface area contributed by atoms with E-state index in [0.717, 1.165) is 24.9 Å². The van der Waals surface area contributed by atoms with Gasteiger partial charge in [-0.05, 0) is 18.6 Å². The third kappa shape index (κ3) is 2.54. The quantitative estimate of drug-likeness (QED) is 0.827. The van der Waals surface area contributed by atoms with Crippen LogP contribution >= 0.6 is 0 Å². The molecule has 0 amide bonds. The van der Waals surface area contributed by atoms with Gasteiger partial charge in [-0.25, -0.2) is 4.98 Å². The van der Waals surface area contributed by atoms with Crippen LogP contribution in [0.4, 0.5) is 5.69 Å². The second-order valence-corrected chi connectivity index (χ2v) is 4.73. The van der Waals surface area contributed by atoms with Crippen LogP contribution in [0.15, 0.2) is 47.3 Å². The van der Waals surface area contributed by atoms with Crippen molar-refractivity contribution in [2.75, 3.05) is 4.90 Å². The van der Waals surface area contributed by atoms with Crippen molar-refractivity contribution in [3.05, 3.63) is 54.9 Å². The van der Waals surface area contributed by atoms with E-state index in [1.165, 1.54) is 6.39 Å². The van der Waals surface area contributed by atoms with Crippen molar-refractivity contribution in [2.45, 2.75) is 32.4 Å². The fraction of sp³-hybridized carbons (Fsp3) is 0.312. The van der Waals surface area contributed by atoms with E-state index >= 15 is 0 Å². The number of para-hydroxylation sites is 1. The van der Waals surface area contributed by atoms with Crippen molar-refractivity contribution in [2.24, 2.45) is 0 Å². The molecular formula is C16H17N2O2. The van der Waals surface area contributed by atoms with Crippen LogP contribution in [-0.4, -0.2) is 11.2 Å². The molecule has 2 aromatic rings. The molecular weight excluding hydrogens is 252 g/mol. The van der Waals surface area contributed by atoms with Crippen LogP contribution in [0.5, 0.6) is 0 Å². The summed E-state index contributed by atoms with van der Waals surface area (Å²) in [5.41, 5.74) is 1.07. The topological polar surface area (TPSA) is 38.5 Å². The minimum absolute atomic E-state index is 0.0301. The average Bonchev–Trinajstić information content (AvgIpc) is 3.15. The summed E-state index contributed by atoms with van der Waals surface area (Å²) in [6, 6.07) is 10.1. The minimum Gasteiger partial charge on any atom is -0.464 e. The van der Waals surface area contributed by atoms with Crippen molar-refractivity contribution in [1.29, 1.82) is 0 Å². The van der Waals surface area contributed by atoms with Crippen LogP contribution in [0.2, 0.25) is 0 Å². The maximum atomic E-state index is 5.97. The third-order valence-corrected chi connectivity index (χ3v) is 3.26. The van der Waals surface area contributed by atoms with Gasteiger partial charge in [0.2, 0.25) is 0 Å². The lowest BCUT2D eigenvalue weighted by Gasteiger charge is -2.23. The van der Waals surface area contributed by atoms with E-state index in [0.29, 0.717) is 11.5 Å². The van der Waals surface area contributed by atoms with E-state index in [2.05, 4.69) is 30.2 Å². The number of hydrogen-bond acceptors (Lipinski definition) is 4. The number of aromatic nitrogens is 1. The number of benzene rings is 1. The Morgan fingerprint density at radius 3 is 2.85 bits per heavy atom. The van der Waals surface area contributed by atoms with Gasteiger partial charge in [-0.15, -0.1) is 0 Å². The standard InChI is InChI=1S/C16H17N2O2/c1-2-3-9-16-18(13-7-5-4-6-8-13)11-15(20-16)14-10-17-12-19-14/h4-8,10,12,16H,2-3,9H2,1H3. The first-order valence-corrected chi connectivity index (χ1v) is 6.92. The lowest BCUT2D eigenvalue weighted by Crippen LogP contribution is -2.27. The minimum atomic E-state index is -0.0301. The van der Waals surface area contributed by atoms with Crippen LogP contribution in [0.25, 0.3) is 5.76 Å². The van der Waals surface area contributed by atoms with Crippen molar-refractivity contribution >= 4 is 11.4 Å². The van der Waals surface area contributed by atoms with E-state index < -0.39 is 0 Å². The Morgan fingerprint density at radius 2 is 2.15 bits per heavy atom. The normalized spacial score (nSPS) is 17.9. The zero-order chi connectivity index (χ0) is 13.8. The Kier molecular flexibility index (Phi) is 3.72. The predicted octanol–water partition coefficient (Wildman–Crippen LogP) is 3.83. The van der Waals surface area contributed by atoms with Crippen LogP contribution in [-0.2, 0) is 4.74 Å². The fourth-order valence-corrected chi connectivity index (χ4v) is 2.22. The van der Waals surface area contributed by atoms with E-state index in [9.17, 15) is 0 Å². The molecule has 1 aliphatic rings. The third-order valence-electron chi connectivity index (χ3n) is 3.26. The van der Waals surface area contributed by atoms with Crippen LogP contribution < -0.4 is 4.90 Å². The number of unbranched alkanes of at least 4 members (excludes halogenated alkanes) is 1. The van der Waals surface area contributed by atoms with Gasteiger partial charge in [-0.3, -0.25) is 0 Å². The maximum Gasteiger partial charge on any atom is 0.192 e. The summed E-state index contributed by atoms with van der Waals surface area (Å²) < 4.78 is 11.3.